The first kappa shape index (κ1) is 20.6. The zero-order valence-corrected chi connectivity index (χ0v) is 18.9. The molecule has 172 valence electrons. The normalized spacial score (nSPS) is 22.8. The molecule has 1 saturated heterocycles. The number of nitrogens with zero attached hydrogens (tertiary/aromatic N) is 5. The molecule has 1 saturated carbocycles. The van der Waals surface area contributed by atoms with Crippen LogP contribution in [0.5, 0.6) is 5.75 Å². The van der Waals surface area contributed by atoms with Crippen molar-refractivity contribution < 1.29 is 9.47 Å². The second-order valence-electron chi connectivity index (χ2n) is 9.20. The van der Waals surface area contributed by atoms with Crippen molar-refractivity contribution in [2.45, 2.75) is 57.1 Å². The minimum Gasteiger partial charge on any atom is -0.488 e. The Hall–Kier alpha value is -3.00. The van der Waals surface area contributed by atoms with Crippen molar-refractivity contribution >= 4 is 22.5 Å². The fraction of sp³-hybridized carbons (Fsp3) is 0.520. The average molecular weight is 447 g/mol. The van der Waals surface area contributed by atoms with Crippen molar-refractivity contribution in [3.8, 4) is 5.75 Å². The minimum absolute atomic E-state index is 0.185. The largest absolute Gasteiger partial charge is 0.488 e. The molecule has 0 atom stereocenters. The van der Waals surface area contributed by atoms with Gasteiger partial charge in [0, 0.05) is 54.5 Å². The number of rotatable bonds is 5. The zero-order valence-electron chi connectivity index (χ0n) is 18.9. The fourth-order valence-electron chi connectivity index (χ4n) is 5.30. The first-order chi connectivity index (χ1) is 16.3. The van der Waals surface area contributed by atoms with Crippen LogP contribution in [0.4, 0.5) is 11.5 Å². The van der Waals surface area contributed by atoms with Gasteiger partial charge in [-0.1, -0.05) is 0 Å². The zero-order chi connectivity index (χ0) is 22.0. The van der Waals surface area contributed by atoms with Crippen LogP contribution >= 0.6 is 0 Å². The highest BCUT2D eigenvalue weighted by Crippen LogP contribution is 2.34. The fourth-order valence-corrected chi connectivity index (χ4v) is 5.30. The van der Waals surface area contributed by atoms with Gasteiger partial charge >= 0.3 is 0 Å². The van der Waals surface area contributed by atoms with E-state index in [9.17, 15) is 0 Å². The summed E-state index contributed by atoms with van der Waals surface area (Å²) in [6.45, 7) is 3.27. The molecule has 1 N–H and O–H groups in total. The summed E-state index contributed by atoms with van der Waals surface area (Å²) in [5, 5.41) is 3.70. The van der Waals surface area contributed by atoms with E-state index in [1.165, 1.54) is 17.7 Å². The molecule has 6 rings (SSSR count). The van der Waals surface area contributed by atoms with Gasteiger partial charge in [-0.25, -0.2) is 15.0 Å². The molecule has 0 unspecified atom stereocenters. The van der Waals surface area contributed by atoms with Crippen molar-refractivity contribution in [3.63, 3.8) is 0 Å². The van der Waals surface area contributed by atoms with Crippen LogP contribution < -0.4 is 15.0 Å². The lowest BCUT2D eigenvalue weighted by atomic mass is 9.92. The van der Waals surface area contributed by atoms with E-state index < -0.39 is 0 Å². The van der Waals surface area contributed by atoms with E-state index in [1.807, 2.05) is 0 Å². The van der Waals surface area contributed by atoms with Gasteiger partial charge in [-0.15, -0.1) is 0 Å². The van der Waals surface area contributed by atoms with Gasteiger partial charge in [0.2, 0.25) is 0 Å². The van der Waals surface area contributed by atoms with Crippen molar-refractivity contribution in [3.05, 3.63) is 42.1 Å². The van der Waals surface area contributed by atoms with Crippen LogP contribution in [0.25, 0.3) is 11.0 Å². The van der Waals surface area contributed by atoms with Crippen LogP contribution in [0.15, 0.2) is 30.9 Å². The maximum absolute atomic E-state index is 6.56. The molecule has 3 heterocycles. The first-order valence-corrected chi connectivity index (χ1v) is 12.2. The molecule has 2 aromatic heterocycles. The number of anilines is 2. The van der Waals surface area contributed by atoms with Crippen LogP contribution in [-0.4, -0.2) is 58.4 Å². The summed E-state index contributed by atoms with van der Waals surface area (Å²) >= 11 is 0. The lowest BCUT2D eigenvalue weighted by Crippen LogP contribution is -2.36. The third kappa shape index (κ3) is 4.31. The molecule has 8 heteroatoms. The van der Waals surface area contributed by atoms with Gasteiger partial charge in [-0.2, -0.15) is 0 Å². The molecule has 0 amide bonds. The van der Waals surface area contributed by atoms with Gasteiger partial charge in [0.1, 0.15) is 23.4 Å². The summed E-state index contributed by atoms with van der Waals surface area (Å²) in [7, 11) is 0. The number of aryl methyl sites for hydroxylation is 1. The molecule has 3 aromatic rings. The highest BCUT2D eigenvalue weighted by molar-refractivity contribution is 5.85. The van der Waals surface area contributed by atoms with Crippen LogP contribution in [0.3, 0.4) is 0 Å². The first-order valence-electron chi connectivity index (χ1n) is 12.2. The Morgan fingerprint density at radius 1 is 0.939 bits per heavy atom. The Morgan fingerprint density at radius 3 is 2.67 bits per heavy atom. The SMILES string of the molecule is c1nc2c(c(N[C@H]3CC[C@@H](Oc4cc(N5CCOCC5)cc5nccnc45)CC3)n1)CCC2. The molecule has 2 aliphatic carbocycles. The Kier molecular flexibility index (Phi) is 5.68. The van der Waals surface area contributed by atoms with Crippen molar-refractivity contribution in [1.29, 1.82) is 0 Å². The van der Waals surface area contributed by atoms with Crippen LogP contribution in [-0.2, 0) is 17.6 Å². The van der Waals surface area contributed by atoms with E-state index in [0.29, 0.717) is 6.04 Å². The number of fused-ring (bicyclic) bond motifs is 2. The number of aromatic nitrogens is 4. The lowest BCUT2D eigenvalue weighted by molar-refractivity contribution is 0.122. The van der Waals surface area contributed by atoms with E-state index in [1.54, 1.807) is 18.7 Å². The van der Waals surface area contributed by atoms with Gasteiger partial charge < -0.3 is 19.7 Å². The van der Waals surface area contributed by atoms with Crippen molar-refractivity contribution in [1.82, 2.24) is 19.9 Å². The Morgan fingerprint density at radius 2 is 1.79 bits per heavy atom. The molecule has 33 heavy (non-hydrogen) atoms. The molecular formula is C25H30N6O2. The number of hydrogen-bond donors (Lipinski definition) is 1. The van der Waals surface area contributed by atoms with Gasteiger partial charge in [-0.05, 0) is 51.0 Å². The average Bonchev–Trinajstić information content (AvgIpc) is 3.36. The summed E-state index contributed by atoms with van der Waals surface area (Å²) in [6, 6.07) is 4.68. The molecule has 0 radical (unpaired) electrons. The topological polar surface area (TPSA) is 85.3 Å². The molecule has 0 bridgehead atoms. The monoisotopic (exact) mass is 446 g/mol. The molecular weight excluding hydrogens is 416 g/mol. The molecule has 8 nitrogen and oxygen atoms in total. The van der Waals surface area contributed by atoms with Crippen LogP contribution in [0, 0.1) is 0 Å². The molecule has 0 spiro atoms. The minimum atomic E-state index is 0.185. The molecule has 2 fully saturated rings. The lowest BCUT2D eigenvalue weighted by Gasteiger charge is -2.32. The second kappa shape index (κ2) is 9.09. The van der Waals surface area contributed by atoms with E-state index in [0.717, 1.165) is 93.1 Å². The third-order valence-corrected chi connectivity index (χ3v) is 7.08. The summed E-state index contributed by atoms with van der Waals surface area (Å²) < 4.78 is 12.1. The van der Waals surface area contributed by atoms with Crippen molar-refractivity contribution in [2.75, 3.05) is 36.5 Å². The highest BCUT2D eigenvalue weighted by atomic mass is 16.5. The number of ether oxygens (including phenoxy) is 2. The maximum Gasteiger partial charge on any atom is 0.149 e. The van der Waals surface area contributed by atoms with E-state index in [-0.39, 0.29) is 6.10 Å². The van der Waals surface area contributed by atoms with E-state index in [4.69, 9.17) is 9.47 Å². The van der Waals surface area contributed by atoms with Crippen LogP contribution in [0.2, 0.25) is 0 Å². The van der Waals surface area contributed by atoms with Gasteiger partial charge in [0.15, 0.2) is 0 Å². The van der Waals surface area contributed by atoms with E-state index >= 15 is 0 Å². The smallest absolute Gasteiger partial charge is 0.149 e. The van der Waals surface area contributed by atoms with Crippen molar-refractivity contribution in [2.24, 2.45) is 0 Å². The summed E-state index contributed by atoms with van der Waals surface area (Å²) in [5.41, 5.74) is 5.39. The predicted molar refractivity (Wildman–Crippen MR) is 127 cm³/mol. The molecule has 1 aliphatic heterocycles. The number of benzene rings is 1. The third-order valence-electron chi connectivity index (χ3n) is 7.08. The maximum atomic E-state index is 6.56. The number of morpholine rings is 1. The Balaban J connectivity index is 1.15. The van der Waals surface area contributed by atoms with Gasteiger partial charge in [0.05, 0.1) is 24.8 Å². The molecule has 1 aromatic carbocycles. The number of nitrogens with one attached hydrogen (secondary N) is 1. The Labute approximate surface area is 193 Å². The summed E-state index contributed by atoms with van der Waals surface area (Å²) in [4.78, 5) is 20.5. The molecule has 3 aliphatic rings. The van der Waals surface area contributed by atoms with E-state index in [2.05, 4.69) is 42.3 Å². The Bertz CT molecular complexity index is 1130. The summed E-state index contributed by atoms with van der Waals surface area (Å²) in [6.07, 6.45) is 12.9. The standard InChI is InChI=1S/C25H30N6O2/c1-2-20-21(3-1)28-16-29-25(20)30-17-4-6-19(7-5-17)33-23-15-18(31-10-12-32-13-11-31)14-22-24(23)27-9-8-26-22/h8-9,14-17,19H,1-7,10-13H2,(H,28,29,30)/t17-,19+. The quantitative estimate of drug-likeness (QED) is 0.637. The predicted octanol–water partition coefficient (Wildman–Crippen LogP) is 3.55. The summed E-state index contributed by atoms with van der Waals surface area (Å²) in [5.74, 6) is 1.88. The highest BCUT2D eigenvalue weighted by Gasteiger charge is 2.26. The van der Waals surface area contributed by atoms with Crippen LogP contribution in [0.1, 0.15) is 43.4 Å². The second-order valence-corrected chi connectivity index (χ2v) is 9.20. The van der Waals surface area contributed by atoms with Gasteiger partial charge in [-0.3, -0.25) is 4.98 Å². The number of hydrogen-bond acceptors (Lipinski definition) is 8. The van der Waals surface area contributed by atoms with Gasteiger partial charge in [0.25, 0.3) is 0 Å².